The highest BCUT2D eigenvalue weighted by molar-refractivity contribution is 5.48. The molecule has 2 rings (SSSR count). The van der Waals surface area contributed by atoms with Crippen LogP contribution < -0.4 is 15.2 Å². The minimum absolute atomic E-state index is 0.142. The van der Waals surface area contributed by atoms with Crippen molar-refractivity contribution < 1.29 is 14.6 Å². The summed E-state index contributed by atoms with van der Waals surface area (Å²) in [5, 5.41) is 9.30. The largest absolute Gasteiger partial charge is 0.490 e. The Morgan fingerprint density at radius 1 is 1.05 bits per heavy atom. The number of aliphatic hydroxyl groups is 1. The maximum absolute atomic E-state index is 9.30. The van der Waals surface area contributed by atoms with E-state index in [1.165, 1.54) is 0 Å². The molecule has 0 aromatic heterocycles. The number of hydrogen-bond donors (Lipinski definition) is 2. The number of hydrogen-bond acceptors (Lipinski definition) is 4. The summed E-state index contributed by atoms with van der Waals surface area (Å²) in [6.07, 6.45) is 0. The number of para-hydroxylation sites is 1. The Bertz CT molecular complexity index is 557. The van der Waals surface area contributed by atoms with Crippen molar-refractivity contribution in [2.45, 2.75) is 19.6 Å². The van der Waals surface area contributed by atoms with Crippen LogP contribution >= 0.6 is 0 Å². The van der Waals surface area contributed by atoms with E-state index < -0.39 is 6.04 Å². The highest BCUT2D eigenvalue weighted by Gasteiger charge is 2.16. The van der Waals surface area contributed by atoms with Gasteiger partial charge in [-0.25, -0.2) is 0 Å². The van der Waals surface area contributed by atoms with Gasteiger partial charge in [-0.3, -0.25) is 0 Å². The van der Waals surface area contributed by atoms with E-state index in [1.54, 1.807) is 0 Å². The van der Waals surface area contributed by atoms with Crippen LogP contribution in [0.15, 0.2) is 48.5 Å². The lowest BCUT2D eigenvalue weighted by molar-refractivity contribution is 0.247. The third-order valence-corrected chi connectivity index (χ3v) is 3.13. The Morgan fingerprint density at radius 2 is 1.81 bits per heavy atom. The molecule has 0 amide bonds. The van der Waals surface area contributed by atoms with Crippen LogP contribution in [0.5, 0.6) is 11.5 Å². The highest BCUT2D eigenvalue weighted by atomic mass is 16.5. The van der Waals surface area contributed by atoms with Crippen LogP contribution in [0.1, 0.15) is 24.1 Å². The summed E-state index contributed by atoms with van der Waals surface area (Å²) in [5.41, 5.74) is 7.76. The van der Waals surface area contributed by atoms with Gasteiger partial charge in [0.15, 0.2) is 11.5 Å². The summed E-state index contributed by atoms with van der Waals surface area (Å²) < 4.78 is 11.5. The lowest BCUT2D eigenvalue weighted by Gasteiger charge is -2.18. The molecule has 4 heteroatoms. The molecule has 2 aromatic carbocycles. The van der Waals surface area contributed by atoms with E-state index in [-0.39, 0.29) is 6.61 Å². The number of aliphatic hydroxyl groups excluding tert-OH is 1. The predicted molar refractivity (Wildman–Crippen MR) is 82.4 cm³/mol. The smallest absolute Gasteiger partial charge is 0.166 e. The average Bonchev–Trinajstić information content (AvgIpc) is 2.54. The quantitative estimate of drug-likeness (QED) is 0.821. The first-order valence-corrected chi connectivity index (χ1v) is 7.05. The standard InChI is InChI=1S/C17H21NO3/c1-2-20-16-10-6-9-14(15(18)11-19)17(16)21-12-13-7-4-3-5-8-13/h3-10,15,19H,2,11-12,18H2,1H3. The van der Waals surface area contributed by atoms with Crippen molar-refractivity contribution in [2.75, 3.05) is 13.2 Å². The van der Waals surface area contributed by atoms with Gasteiger partial charge in [-0.1, -0.05) is 42.5 Å². The molecule has 0 saturated carbocycles. The zero-order chi connectivity index (χ0) is 15.1. The Labute approximate surface area is 125 Å². The van der Waals surface area contributed by atoms with E-state index in [1.807, 2.05) is 55.5 Å². The molecular weight excluding hydrogens is 266 g/mol. The predicted octanol–water partition coefficient (Wildman–Crippen LogP) is 2.66. The van der Waals surface area contributed by atoms with Crippen molar-refractivity contribution in [3.05, 3.63) is 59.7 Å². The van der Waals surface area contributed by atoms with Gasteiger partial charge in [0.2, 0.25) is 0 Å². The van der Waals surface area contributed by atoms with E-state index in [9.17, 15) is 5.11 Å². The Morgan fingerprint density at radius 3 is 2.48 bits per heavy atom. The van der Waals surface area contributed by atoms with Crippen molar-refractivity contribution in [2.24, 2.45) is 5.73 Å². The fourth-order valence-electron chi connectivity index (χ4n) is 2.08. The first-order chi connectivity index (χ1) is 10.3. The summed E-state index contributed by atoms with van der Waals surface area (Å²) in [6.45, 7) is 2.74. The zero-order valence-electron chi connectivity index (χ0n) is 12.2. The maximum Gasteiger partial charge on any atom is 0.166 e. The van der Waals surface area contributed by atoms with Gasteiger partial charge < -0.3 is 20.3 Å². The molecule has 0 heterocycles. The summed E-state index contributed by atoms with van der Waals surface area (Å²) >= 11 is 0. The molecule has 21 heavy (non-hydrogen) atoms. The molecule has 0 aliphatic rings. The maximum atomic E-state index is 9.30. The van der Waals surface area contributed by atoms with Crippen LogP contribution in [-0.2, 0) is 6.61 Å². The zero-order valence-corrected chi connectivity index (χ0v) is 12.2. The second-order valence-corrected chi connectivity index (χ2v) is 4.67. The molecule has 0 bridgehead atoms. The van der Waals surface area contributed by atoms with Crippen molar-refractivity contribution in [3.63, 3.8) is 0 Å². The van der Waals surface area contributed by atoms with E-state index in [4.69, 9.17) is 15.2 Å². The Kier molecular flexibility index (Phi) is 5.60. The number of rotatable bonds is 7. The molecule has 2 aromatic rings. The van der Waals surface area contributed by atoms with Gasteiger partial charge in [-0.2, -0.15) is 0 Å². The minimum Gasteiger partial charge on any atom is -0.490 e. The SMILES string of the molecule is CCOc1cccc(C(N)CO)c1OCc1ccccc1. The third-order valence-electron chi connectivity index (χ3n) is 3.13. The summed E-state index contributed by atoms with van der Waals surface area (Å²) in [4.78, 5) is 0. The highest BCUT2D eigenvalue weighted by Crippen LogP contribution is 2.35. The second kappa shape index (κ2) is 7.67. The van der Waals surface area contributed by atoms with Gasteiger partial charge in [0.25, 0.3) is 0 Å². The molecule has 0 radical (unpaired) electrons. The van der Waals surface area contributed by atoms with Crippen molar-refractivity contribution in [1.82, 2.24) is 0 Å². The van der Waals surface area contributed by atoms with E-state index in [2.05, 4.69) is 0 Å². The molecule has 0 saturated heterocycles. The van der Waals surface area contributed by atoms with Crippen LogP contribution in [0.3, 0.4) is 0 Å². The fourth-order valence-corrected chi connectivity index (χ4v) is 2.08. The molecule has 112 valence electrons. The lowest BCUT2D eigenvalue weighted by Crippen LogP contribution is -2.16. The average molecular weight is 287 g/mol. The van der Waals surface area contributed by atoms with Crippen molar-refractivity contribution in [3.8, 4) is 11.5 Å². The number of benzene rings is 2. The van der Waals surface area contributed by atoms with Crippen LogP contribution in [0.25, 0.3) is 0 Å². The molecule has 0 fully saturated rings. The van der Waals surface area contributed by atoms with Crippen molar-refractivity contribution >= 4 is 0 Å². The van der Waals surface area contributed by atoms with Crippen LogP contribution in [0.4, 0.5) is 0 Å². The molecule has 1 unspecified atom stereocenters. The van der Waals surface area contributed by atoms with E-state index in [0.717, 1.165) is 11.1 Å². The molecule has 4 nitrogen and oxygen atoms in total. The summed E-state index contributed by atoms with van der Waals surface area (Å²) in [7, 11) is 0. The Hall–Kier alpha value is -2.04. The van der Waals surface area contributed by atoms with E-state index in [0.29, 0.717) is 24.7 Å². The molecule has 1 atom stereocenters. The third kappa shape index (κ3) is 3.97. The molecule has 0 aliphatic heterocycles. The fraction of sp³-hybridized carbons (Fsp3) is 0.294. The monoisotopic (exact) mass is 287 g/mol. The molecule has 0 aliphatic carbocycles. The van der Waals surface area contributed by atoms with Gasteiger partial charge in [0.1, 0.15) is 6.61 Å². The molecule has 0 spiro atoms. The van der Waals surface area contributed by atoms with Crippen LogP contribution in [0, 0.1) is 0 Å². The van der Waals surface area contributed by atoms with Crippen molar-refractivity contribution in [1.29, 1.82) is 0 Å². The minimum atomic E-state index is -0.490. The summed E-state index contributed by atoms with van der Waals surface area (Å²) in [5.74, 6) is 1.25. The second-order valence-electron chi connectivity index (χ2n) is 4.67. The van der Waals surface area contributed by atoms with Gasteiger partial charge in [-0.15, -0.1) is 0 Å². The molecule has 3 N–H and O–H groups in total. The van der Waals surface area contributed by atoms with E-state index >= 15 is 0 Å². The van der Waals surface area contributed by atoms with Gasteiger partial charge in [-0.05, 0) is 18.6 Å². The van der Waals surface area contributed by atoms with Crippen LogP contribution in [0.2, 0.25) is 0 Å². The first kappa shape index (κ1) is 15.4. The first-order valence-electron chi connectivity index (χ1n) is 7.05. The lowest BCUT2D eigenvalue weighted by atomic mass is 10.1. The van der Waals surface area contributed by atoms with Crippen LogP contribution in [-0.4, -0.2) is 18.3 Å². The number of nitrogens with two attached hydrogens (primary N) is 1. The normalized spacial score (nSPS) is 12.0. The molecular formula is C17H21NO3. The topological polar surface area (TPSA) is 64.7 Å². The van der Waals surface area contributed by atoms with Gasteiger partial charge in [0, 0.05) is 5.56 Å². The Balaban J connectivity index is 2.25. The van der Waals surface area contributed by atoms with Gasteiger partial charge in [0.05, 0.1) is 19.3 Å². The van der Waals surface area contributed by atoms with Gasteiger partial charge >= 0.3 is 0 Å². The number of ether oxygens (including phenoxy) is 2. The summed E-state index contributed by atoms with van der Waals surface area (Å²) in [6, 6.07) is 14.9.